The number of hydrogen-bond donors (Lipinski definition) is 1. The minimum atomic E-state index is -0.797. The number of nitrogens with one attached hydrogen (secondary N) is 1. The molecule has 0 atom stereocenters. The van der Waals surface area contributed by atoms with Crippen LogP contribution in [0.1, 0.15) is 25.2 Å². The van der Waals surface area contributed by atoms with Crippen LogP contribution in [0, 0.1) is 0 Å². The number of furan rings is 1. The normalized spacial score (nSPS) is 15.6. The lowest BCUT2D eigenvalue weighted by molar-refractivity contribution is -0.130. The van der Waals surface area contributed by atoms with Gasteiger partial charge >= 0.3 is 6.03 Å². The minimum absolute atomic E-state index is 0.0864. The quantitative estimate of drug-likeness (QED) is 0.499. The molecule has 1 aromatic heterocycles. The van der Waals surface area contributed by atoms with Gasteiger partial charge in [-0.3, -0.25) is 19.8 Å². The van der Waals surface area contributed by atoms with Crippen molar-refractivity contribution < 1.29 is 28.3 Å². The molecule has 4 amide bonds. The van der Waals surface area contributed by atoms with E-state index < -0.39 is 17.8 Å². The van der Waals surface area contributed by atoms with Crippen LogP contribution in [0.25, 0.3) is 6.08 Å². The van der Waals surface area contributed by atoms with E-state index in [9.17, 15) is 14.4 Å². The molecule has 2 heterocycles. The Labute approximate surface area is 175 Å². The van der Waals surface area contributed by atoms with Gasteiger partial charge in [-0.15, -0.1) is 0 Å². The highest BCUT2D eigenvalue weighted by Crippen LogP contribution is 2.35. The van der Waals surface area contributed by atoms with E-state index in [1.165, 1.54) is 12.3 Å². The average molecular weight is 463 g/mol. The molecule has 1 saturated heterocycles. The van der Waals surface area contributed by atoms with Crippen LogP contribution in [0.4, 0.5) is 4.79 Å². The fraction of sp³-hybridized carbons (Fsp3) is 0.250. The number of rotatable bonds is 7. The molecule has 1 aliphatic rings. The monoisotopic (exact) mass is 462 g/mol. The van der Waals surface area contributed by atoms with Gasteiger partial charge in [0, 0.05) is 4.47 Å². The van der Waals surface area contributed by atoms with Gasteiger partial charge in [0.2, 0.25) is 0 Å². The third-order valence-corrected chi connectivity index (χ3v) is 4.73. The average Bonchev–Trinajstić information content (AvgIpc) is 3.19. The predicted octanol–water partition coefficient (Wildman–Crippen LogP) is 3.50. The molecule has 0 aliphatic carbocycles. The fourth-order valence-corrected chi connectivity index (χ4v) is 3.19. The summed E-state index contributed by atoms with van der Waals surface area (Å²) in [6.07, 6.45) is 2.84. The molecule has 1 fully saturated rings. The minimum Gasteiger partial charge on any atom is -0.490 e. The van der Waals surface area contributed by atoms with Crippen molar-refractivity contribution in [2.45, 2.75) is 20.4 Å². The number of imide groups is 2. The smallest absolute Gasteiger partial charge is 0.331 e. The molecule has 1 aliphatic heterocycles. The van der Waals surface area contributed by atoms with E-state index in [0.717, 1.165) is 4.90 Å². The van der Waals surface area contributed by atoms with E-state index in [-0.39, 0.29) is 12.1 Å². The first-order chi connectivity index (χ1) is 13.9. The molecule has 29 heavy (non-hydrogen) atoms. The largest absolute Gasteiger partial charge is 0.490 e. The van der Waals surface area contributed by atoms with Crippen LogP contribution in [0.3, 0.4) is 0 Å². The Kier molecular flexibility index (Phi) is 6.38. The Hall–Kier alpha value is -3.07. The number of hydrogen-bond acceptors (Lipinski definition) is 6. The molecule has 0 bridgehead atoms. The lowest BCUT2D eigenvalue weighted by atomic mass is 10.1. The molecular formula is C20H19BrN2O6. The summed E-state index contributed by atoms with van der Waals surface area (Å²) in [6, 6.07) is 5.86. The summed E-state index contributed by atoms with van der Waals surface area (Å²) in [6.45, 7) is 4.48. The molecule has 2 aromatic rings. The number of ether oxygens (including phenoxy) is 2. The van der Waals surface area contributed by atoms with E-state index in [2.05, 4.69) is 21.2 Å². The Balaban J connectivity index is 1.97. The fourth-order valence-electron chi connectivity index (χ4n) is 2.75. The van der Waals surface area contributed by atoms with Gasteiger partial charge in [-0.25, -0.2) is 4.79 Å². The molecule has 1 aromatic carbocycles. The van der Waals surface area contributed by atoms with Crippen molar-refractivity contribution in [1.82, 2.24) is 10.2 Å². The highest BCUT2D eigenvalue weighted by Gasteiger charge is 2.36. The maximum Gasteiger partial charge on any atom is 0.331 e. The molecule has 3 rings (SSSR count). The SMILES string of the molecule is CCOc1cc(Br)c(/C=C2\C(=O)NC(=O)N(Cc3ccco3)C2=O)cc1OCC. The predicted molar refractivity (Wildman–Crippen MR) is 107 cm³/mol. The number of carbonyl (C=O) groups is 3. The van der Waals surface area contributed by atoms with Gasteiger partial charge < -0.3 is 13.9 Å². The van der Waals surface area contributed by atoms with Crippen molar-refractivity contribution in [3.63, 3.8) is 0 Å². The van der Waals surface area contributed by atoms with Gasteiger partial charge in [-0.05, 0) is 49.8 Å². The number of amides is 4. The summed E-state index contributed by atoms with van der Waals surface area (Å²) in [4.78, 5) is 38.2. The van der Waals surface area contributed by atoms with E-state index in [4.69, 9.17) is 13.9 Å². The molecule has 152 valence electrons. The molecule has 9 heteroatoms. The third kappa shape index (κ3) is 4.51. The van der Waals surface area contributed by atoms with Gasteiger partial charge in [0.25, 0.3) is 11.8 Å². The van der Waals surface area contributed by atoms with Crippen LogP contribution in [0.5, 0.6) is 11.5 Å². The number of benzene rings is 1. The summed E-state index contributed by atoms with van der Waals surface area (Å²) in [5.74, 6) is -0.0413. The van der Waals surface area contributed by atoms with Crippen LogP contribution >= 0.6 is 15.9 Å². The second-order valence-corrected chi connectivity index (χ2v) is 6.83. The van der Waals surface area contributed by atoms with E-state index in [1.807, 2.05) is 13.8 Å². The van der Waals surface area contributed by atoms with Crippen molar-refractivity contribution in [2.75, 3.05) is 13.2 Å². The van der Waals surface area contributed by atoms with Crippen molar-refractivity contribution in [3.05, 3.63) is 51.9 Å². The molecule has 0 saturated carbocycles. The van der Waals surface area contributed by atoms with Gasteiger partial charge in [0.05, 0.1) is 26.0 Å². The summed E-state index contributed by atoms with van der Waals surface area (Å²) in [5, 5.41) is 2.18. The maximum absolute atomic E-state index is 12.8. The van der Waals surface area contributed by atoms with Crippen LogP contribution in [-0.4, -0.2) is 36.0 Å². The van der Waals surface area contributed by atoms with Crippen LogP contribution < -0.4 is 14.8 Å². The molecule has 0 spiro atoms. The molecule has 0 radical (unpaired) electrons. The zero-order chi connectivity index (χ0) is 21.0. The van der Waals surface area contributed by atoms with Gasteiger partial charge in [-0.1, -0.05) is 15.9 Å². The second kappa shape index (κ2) is 8.95. The lowest BCUT2D eigenvalue weighted by Gasteiger charge is -2.25. The van der Waals surface area contributed by atoms with Gasteiger partial charge in [0.15, 0.2) is 11.5 Å². The van der Waals surface area contributed by atoms with Crippen molar-refractivity contribution in [1.29, 1.82) is 0 Å². The Morgan fingerprint density at radius 1 is 1.14 bits per heavy atom. The summed E-state index contributed by atoms with van der Waals surface area (Å²) in [7, 11) is 0. The zero-order valence-electron chi connectivity index (χ0n) is 15.9. The van der Waals surface area contributed by atoms with Gasteiger partial charge in [-0.2, -0.15) is 0 Å². The standard InChI is InChI=1S/C20H19BrN2O6/c1-3-27-16-9-12(15(21)10-17(16)28-4-2)8-14-18(24)22-20(26)23(19(14)25)11-13-6-5-7-29-13/h5-10H,3-4,11H2,1-2H3,(H,22,24,26)/b14-8+. The number of halogens is 1. The number of urea groups is 1. The first-order valence-electron chi connectivity index (χ1n) is 8.95. The molecule has 8 nitrogen and oxygen atoms in total. The van der Waals surface area contributed by atoms with E-state index >= 15 is 0 Å². The molecule has 0 unspecified atom stereocenters. The summed E-state index contributed by atoms with van der Waals surface area (Å²) < 4.78 is 17.0. The van der Waals surface area contributed by atoms with Gasteiger partial charge in [0.1, 0.15) is 11.3 Å². The highest BCUT2D eigenvalue weighted by atomic mass is 79.9. The Morgan fingerprint density at radius 2 is 1.83 bits per heavy atom. The lowest BCUT2D eigenvalue weighted by Crippen LogP contribution is -2.53. The Bertz CT molecular complexity index is 968. The molecular weight excluding hydrogens is 444 g/mol. The molecule has 1 N–H and O–H groups in total. The van der Waals surface area contributed by atoms with Crippen LogP contribution in [0.2, 0.25) is 0 Å². The zero-order valence-corrected chi connectivity index (χ0v) is 17.4. The van der Waals surface area contributed by atoms with Crippen molar-refractivity contribution in [3.8, 4) is 11.5 Å². The van der Waals surface area contributed by atoms with E-state index in [0.29, 0.717) is 40.5 Å². The summed E-state index contributed by atoms with van der Waals surface area (Å²) >= 11 is 3.43. The van der Waals surface area contributed by atoms with Crippen molar-refractivity contribution >= 4 is 39.9 Å². The first kappa shape index (κ1) is 20.7. The maximum atomic E-state index is 12.8. The number of nitrogens with zero attached hydrogens (tertiary/aromatic N) is 1. The number of barbiturate groups is 1. The number of carbonyl (C=O) groups excluding carboxylic acids is 3. The summed E-state index contributed by atoms with van der Waals surface area (Å²) in [5.41, 5.74) is 0.353. The van der Waals surface area contributed by atoms with E-state index in [1.54, 1.807) is 24.3 Å². The van der Waals surface area contributed by atoms with Crippen LogP contribution in [0.15, 0.2) is 45.0 Å². The first-order valence-corrected chi connectivity index (χ1v) is 9.74. The highest BCUT2D eigenvalue weighted by molar-refractivity contribution is 9.10. The van der Waals surface area contributed by atoms with Crippen LogP contribution in [-0.2, 0) is 16.1 Å². The van der Waals surface area contributed by atoms with Crippen molar-refractivity contribution in [2.24, 2.45) is 0 Å². The second-order valence-electron chi connectivity index (χ2n) is 5.97. The topological polar surface area (TPSA) is 98.1 Å². The third-order valence-electron chi connectivity index (χ3n) is 4.04. The Morgan fingerprint density at radius 3 is 2.45 bits per heavy atom.